The van der Waals surface area contributed by atoms with E-state index in [4.69, 9.17) is 9.26 Å². The number of amides is 1. The molecule has 2 fully saturated rings. The van der Waals surface area contributed by atoms with Crippen molar-refractivity contribution in [3.05, 3.63) is 41.9 Å². The van der Waals surface area contributed by atoms with Crippen LogP contribution in [-0.2, 0) is 4.74 Å². The van der Waals surface area contributed by atoms with E-state index < -0.39 is 0 Å². The largest absolute Gasteiger partial charge is 0.377 e. The van der Waals surface area contributed by atoms with Gasteiger partial charge >= 0.3 is 0 Å². The maximum absolute atomic E-state index is 12.8. The molecule has 0 saturated carbocycles. The number of nitrogens with zero attached hydrogens (tertiary/aromatic N) is 3. The molecule has 0 bridgehead atoms. The second-order valence-corrected chi connectivity index (χ2v) is 7.20. The summed E-state index contributed by atoms with van der Waals surface area (Å²) in [6.45, 7) is 4.77. The van der Waals surface area contributed by atoms with Gasteiger partial charge in [0.1, 0.15) is 11.6 Å². The third-order valence-corrected chi connectivity index (χ3v) is 5.50. The predicted molar refractivity (Wildman–Crippen MR) is 95.9 cm³/mol. The molecule has 138 valence electrons. The average molecular weight is 356 g/mol. The number of hydrogen-bond acceptors (Lipinski definition) is 6. The van der Waals surface area contributed by atoms with Crippen molar-refractivity contribution in [1.29, 1.82) is 0 Å². The van der Waals surface area contributed by atoms with Gasteiger partial charge in [-0.25, -0.2) is 4.98 Å². The number of carbonyl (C=O) groups is 1. The number of fused-ring (bicyclic) bond motifs is 1. The zero-order valence-corrected chi connectivity index (χ0v) is 15.0. The van der Waals surface area contributed by atoms with Crippen molar-refractivity contribution >= 4 is 11.7 Å². The van der Waals surface area contributed by atoms with Crippen LogP contribution in [0, 0.1) is 12.3 Å². The monoisotopic (exact) mass is 356 g/mol. The molecule has 1 amide bonds. The summed E-state index contributed by atoms with van der Waals surface area (Å²) in [6, 6.07) is 7.54. The topological polar surface area (TPSA) is 80.5 Å². The van der Waals surface area contributed by atoms with Crippen molar-refractivity contribution in [3.8, 4) is 0 Å². The number of nitrogens with one attached hydrogen (secondary N) is 1. The molecule has 0 radical (unpaired) electrons. The second kappa shape index (κ2) is 7.07. The molecule has 2 aliphatic heterocycles. The molecule has 0 aromatic carbocycles. The first kappa shape index (κ1) is 17.0. The van der Waals surface area contributed by atoms with Gasteiger partial charge in [0, 0.05) is 43.9 Å². The van der Waals surface area contributed by atoms with Gasteiger partial charge in [0.25, 0.3) is 5.91 Å². The van der Waals surface area contributed by atoms with Gasteiger partial charge in [-0.2, -0.15) is 0 Å². The van der Waals surface area contributed by atoms with Gasteiger partial charge in [0.05, 0.1) is 6.10 Å². The Morgan fingerprint density at radius 1 is 1.46 bits per heavy atom. The van der Waals surface area contributed by atoms with Crippen LogP contribution in [0.5, 0.6) is 0 Å². The number of likely N-dealkylation sites (tertiary alicyclic amines) is 1. The van der Waals surface area contributed by atoms with Crippen LogP contribution in [0.15, 0.2) is 35.0 Å². The van der Waals surface area contributed by atoms with Crippen molar-refractivity contribution in [1.82, 2.24) is 15.0 Å². The van der Waals surface area contributed by atoms with Crippen LogP contribution < -0.4 is 5.32 Å². The van der Waals surface area contributed by atoms with Crippen molar-refractivity contribution in [2.45, 2.75) is 32.3 Å². The van der Waals surface area contributed by atoms with Crippen molar-refractivity contribution in [3.63, 3.8) is 0 Å². The van der Waals surface area contributed by atoms with E-state index in [1.807, 2.05) is 23.1 Å². The van der Waals surface area contributed by atoms with Crippen molar-refractivity contribution in [2.75, 3.05) is 31.6 Å². The quantitative estimate of drug-likeness (QED) is 0.887. The highest BCUT2D eigenvalue weighted by atomic mass is 16.5. The number of hydrogen-bond donors (Lipinski definition) is 1. The first-order valence-corrected chi connectivity index (χ1v) is 9.15. The van der Waals surface area contributed by atoms with Crippen LogP contribution in [0.1, 0.15) is 35.5 Å². The summed E-state index contributed by atoms with van der Waals surface area (Å²) in [5, 5.41) is 7.26. The third kappa shape index (κ3) is 3.31. The fourth-order valence-electron chi connectivity index (χ4n) is 4.12. The fraction of sp³-hybridized carbons (Fsp3) is 0.526. The van der Waals surface area contributed by atoms with Gasteiger partial charge in [0.2, 0.25) is 0 Å². The summed E-state index contributed by atoms with van der Waals surface area (Å²) in [4.78, 5) is 19.0. The Balaban J connectivity index is 1.43. The molecule has 2 saturated heterocycles. The van der Waals surface area contributed by atoms with Crippen LogP contribution in [0.2, 0.25) is 0 Å². The highest BCUT2D eigenvalue weighted by Crippen LogP contribution is 2.43. The molecule has 2 aliphatic rings. The Hall–Kier alpha value is -2.41. The van der Waals surface area contributed by atoms with E-state index in [0.717, 1.165) is 38.2 Å². The smallest absolute Gasteiger partial charge is 0.276 e. The molecule has 0 aliphatic carbocycles. The third-order valence-electron chi connectivity index (χ3n) is 5.50. The molecule has 26 heavy (non-hydrogen) atoms. The predicted octanol–water partition coefficient (Wildman–Crippen LogP) is 2.50. The fourth-order valence-corrected chi connectivity index (χ4v) is 4.12. The molecule has 2 aromatic rings. The molecule has 4 heterocycles. The van der Waals surface area contributed by atoms with Crippen LogP contribution >= 0.6 is 0 Å². The molecular formula is C19H24N4O3. The normalized spacial score (nSPS) is 25.1. The number of anilines is 1. The Morgan fingerprint density at radius 3 is 3.15 bits per heavy atom. The van der Waals surface area contributed by atoms with E-state index in [9.17, 15) is 4.79 Å². The van der Waals surface area contributed by atoms with Crippen molar-refractivity contribution in [2.24, 2.45) is 5.41 Å². The number of ether oxygens (including phenoxy) is 1. The second-order valence-electron chi connectivity index (χ2n) is 7.20. The first-order chi connectivity index (χ1) is 12.7. The lowest BCUT2D eigenvalue weighted by Crippen LogP contribution is -2.52. The van der Waals surface area contributed by atoms with E-state index in [-0.39, 0.29) is 17.4 Å². The van der Waals surface area contributed by atoms with E-state index in [2.05, 4.69) is 15.5 Å². The van der Waals surface area contributed by atoms with E-state index in [1.54, 1.807) is 19.2 Å². The Morgan fingerprint density at radius 2 is 2.38 bits per heavy atom. The Labute approximate surface area is 152 Å². The Bertz CT molecular complexity index is 763. The van der Waals surface area contributed by atoms with Gasteiger partial charge in [0.15, 0.2) is 5.69 Å². The molecule has 0 spiro atoms. The highest BCUT2D eigenvalue weighted by molar-refractivity contribution is 5.92. The van der Waals surface area contributed by atoms with Crippen LogP contribution in [-0.4, -0.2) is 53.3 Å². The first-order valence-electron chi connectivity index (χ1n) is 9.15. The summed E-state index contributed by atoms with van der Waals surface area (Å²) < 4.78 is 11.0. The minimum atomic E-state index is -0.0516. The number of carbonyl (C=O) groups excluding carboxylic acids is 1. The molecule has 7 nitrogen and oxygen atoms in total. The van der Waals surface area contributed by atoms with E-state index in [1.165, 1.54) is 0 Å². The molecule has 7 heteroatoms. The molecule has 2 atom stereocenters. The van der Waals surface area contributed by atoms with Crippen LogP contribution in [0.4, 0.5) is 5.82 Å². The van der Waals surface area contributed by atoms with Gasteiger partial charge in [-0.1, -0.05) is 11.2 Å². The molecule has 2 aromatic heterocycles. The van der Waals surface area contributed by atoms with Crippen LogP contribution in [0.3, 0.4) is 0 Å². The average Bonchev–Trinajstić information content (AvgIpc) is 3.27. The van der Waals surface area contributed by atoms with Gasteiger partial charge < -0.3 is 19.5 Å². The molecule has 1 N–H and O–H groups in total. The van der Waals surface area contributed by atoms with Gasteiger partial charge in [-0.15, -0.1) is 0 Å². The highest BCUT2D eigenvalue weighted by Gasteiger charge is 2.48. The lowest BCUT2D eigenvalue weighted by atomic mass is 9.74. The zero-order chi connectivity index (χ0) is 18.0. The van der Waals surface area contributed by atoms with Gasteiger partial charge in [-0.3, -0.25) is 4.79 Å². The summed E-state index contributed by atoms with van der Waals surface area (Å²) in [6.07, 6.45) is 4.78. The maximum Gasteiger partial charge on any atom is 0.276 e. The molecular weight excluding hydrogens is 332 g/mol. The van der Waals surface area contributed by atoms with Crippen LogP contribution in [0.25, 0.3) is 0 Å². The minimum Gasteiger partial charge on any atom is -0.377 e. The van der Waals surface area contributed by atoms with Gasteiger partial charge in [-0.05, 0) is 38.3 Å². The molecule has 0 unspecified atom stereocenters. The van der Waals surface area contributed by atoms with E-state index >= 15 is 0 Å². The summed E-state index contributed by atoms with van der Waals surface area (Å²) in [5.41, 5.74) is 0.385. The standard InChI is InChI=1S/C19H24N4O3/c1-14-12-15(22-26-14)18(24)23-10-5-16-19(13-23,7-11-25-16)6-9-21-17-4-2-3-8-20-17/h2-4,8,12,16H,5-7,9-11,13H2,1H3,(H,20,21)/t16-,19+/m1/s1. The zero-order valence-electron chi connectivity index (χ0n) is 15.0. The number of rotatable bonds is 5. The van der Waals surface area contributed by atoms with Crippen molar-refractivity contribution < 1.29 is 14.1 Å². The summed E-state index contributed by atoms with van der Waals surface area (Å²) >= 11 is 0. The molecule has 4 rings (SSSR count). The summed E-state index contributed by atoms with van der Waals surface area (Å²) in [5.74, 6) is 1.48. The minimum absolute atomic E-state index is 0.00549. The summed E-state index contributed by atoms with van der Waals surface area (Å²) in [7, 11) is 0. The lowest BCUT2D eigenvalue weighted by Gasteiger charge is -2.43. The number of aryl methyl sites for hydroxylation is 1. The number of aromatic nitrogens is 2. The van der Waals surface area contributed by atoms with E-state index in [0.29, 0.717) is 24.5 Å². The Kier molecular flexibility index (Phi) is 4.63. The maximum atomic E-state index is 12.8. The lowest BCUT2D eigenvalue weighted by molar-refractivity contribution is -0.0153. The number of pyridine rings is 1. The number of piperidine rings is 1. The SMILES string of the molecule is Cc1cc(C(=O)N2CC[C@H]3OCC[C@@]3(CCNc3ccccn3)C2)no1.